The average Bonchev–Trinajstić information content (AvgIpc) is 2.27. The molecule has 0 radical (unpaired) electrons. The smallest absolute Gasteiger partial charge is 0.248 e. The fourth-order valence-corrected chi connectivity index (χ4v) is 1.59. The number of carbonyl (C=O) groups excluding carboxylic acids is 2. The fourth-order valence-electron chi connectivity index (χ4n) is 1.59. The quantitative estimate of drug-likeness (QED) is 0.843. The zero-order valence-electron chi connectivity index (χ0n) is 9.86. The highest BCUT2D eigenvalue weighted by Crippen LogP contribution is 2.24. The third kappa shape index (κ3) is 2.69. The Morgan fingerprint density at radius 1 is 1.12 bits per heavy atom. The van der Waals surface area contributed by atoms with Crippen molar-refractivity contribution < 1.29 is 9.59 Å². The lowest BCUT2D eigenvalue weighted by molar-refractivity contribution is -0.120. The number of hydrogen-bond donors (Lipinski definition) is 1. The van der Waals surface area contributed by atoms with E-state index in [-0.39, 0.29) is 17.6 Å². The van der Waals surface area contributed by atoms with Gasteiger partial charge in [0.25, 0.3) is 0 Å². The van der Waals surface area contributed by atoms with Crippen LogP contribution in [0.5, 0.6) is 0 Å². The van der Waals surface area contributed by atoms with E-state index in [0.717, 1.165) is 5.56 Å². The molecule has 2 atom stereocenters. The van der Waals surface area contributed by atoms with Crippen LogP contribution >= 0.6 is 0 Å². The molecule has 86 valence electrons. The molecule has 3 nitrogen and oxygen atoms in total. The van der Waals surface area contributed by atoms with Gasteiger partial charge in [-0.1, -0.05) is 26.0 Å². The van der Waals surface area contributed by atoms with E-state index in [1.165, 1.54) is 0 Å². The number of amides is 1. The maximum absolute atomic E-state index is 11.3. The van der Waals surface area contributed by atoms with Gasteiger partial charge < -0.3 is 5.73 Å². The summed E-state index contributed by atoms with van der Waals surface area (Å²) in [6, 6.07) is 7.09. The second kappa shape index (κ2) is 4.92. The molecular formula is C13H17NO2. The van der Waals surface area contributed by atoms with E-state index < -0.39 is 5.91 Å². The molecule has 0 saturated heterocycles. The minimum Gasteiger partial charge on any atom is -0.366 e. The van der Waals surface area contributed by atoms with Crippen LogP contribution in [0.4, 0.5) is 0 Å². The number of nitrogens with two attached hydrogens (primary N) is 1. The Labute approximate surface area is 95.6 Å². The van der Waals surface area contributed by atoms with Crippen LogP contribution in [0.3, 0.4) is 0 Å². The molecule has 0 fully saturated rings. The van der Waals surface area contributed by atoms with Crippen molar-refractivity contribution in [1.82, 2.24) is 0 Å². The summed E-state index contributed by atoms with van der Waals surface area (Å²) in [5.41, 5.74) is 6.70. The third-order valence-electron chi connectivity index (χ3n) is 3.11. The molecule has 0 bridgehead atoms. The highest BCUT2D eigenvalue weighted by molar-refractivity contribution is 5.92. The Kier molecular flexibility index (Phi) is 3.82. The van der Waals surface area contributed by atoms with E-state index in [1.807, 2.05) is 26.0 Å². The third-order valence-corrected chi connectivity index (χ3v) is 3.11. The highest BCUT2D eigenvalue weighted by Gasteiger charge is 2.18. The van der Waals surface area contributed by atoms with Crippen LogP contribution < -0.4 is 5.73 Å². The second-order valence-electron chi connectivity index (χ2n) is 4.17. The summed E-state index contributed by atoms with van der Waals surface area (Å²) < 4.78 is 0. The van der Waals surface area contributed by atoms with Gasteiger partial charge in [0.15, 0.2) is 0 Å². The van der Waals surface area contributed by atoms with Gasteiger partial charge in [-0.3, -0.25) is 9.59 Å². The molecule has 0 heterocycles. The summed E-state index contributed by atoms with van der Waals surface area (Å²) in [7, 11) is 0. The van der Waals surface area contributed by atoms with Gasteiger partial charge in [-0.2, -0.15) is 0 Å². The van der Waals surface area contributed by atoms with E-state index in [0.29, 0.717) is 5.56 Å². The molecule has 2 unspecified atom stereocenters. The largest absolute Gasteiger partial charge is 0.366 e. The van der Waals surface area contributed by atoms with Crippen LogP contribution in [0.2, 0.25) is 0 Å². The lowest BCUT2D eigenvalue weighted by Crippen LogP contribution is -2.15. The molecule has 0 aliphatic rings. The van der Waals surface area contributed by atoms with E-state index in [4.69, 9.17) is 5.73 Å². The molecule has 1 amide bonds. The number of primary amides is 1. The van der Waals surface area contributed by atoms with Crippen molar-refractivity contribution in [3.05, 3.63) is 35.4 Å². The van der Waals surface area contributed by atoms with Crippen LogP contribution in [0.15, 0.2) is 24.3 Å². The average molecular weight is 219 g/mol. The van der Waals surface area contributed by atoms with Gasteiger partial charge in [-0.25, -0.2) is 0 Å². The monoisotopic (exact) mass is 219 g/mol. The maximum atomic E-state index is 11.3. The van der Waals surface area contributed by atoms with Crippen molar-refractivity contribution in [3.8, 4) is 0 Å². The molecule has 0 aliphatic carbocycles. The molecule has 2 N–H and O–H groups in total. The van der Waals surface area contributed by atoms with Gasteiger partial charge in [-0.05, 0) is 30.5 Å². The Morgan fingerprint density at radius 2 is 1.62 bits per heavy atom. The number of hydrogen-bond acceptors (Lipinski definition) is 2. The Morgan fingerprint density at radius 3 is 2.00 bits per heavy atom. The van der Waals surface area contributed by atoms with Crippen LogP contribution in [-0.2, 0) is 4.79 Å². The predicted molar refractivity (Wildman–Crippen MR) is 63.2 cm³/mol. The summed E-state index contributed by atoms with van der Waals surface area (Å²) in [4.78, 5) is 22.2. The zero-order chi connectivity index (χ0) is 12.3. The molecule has 1 rings (SSSR count). The molecule has 0 spiro atoms. The maximum Gasteiger partial charge on any atom is 0.248 e. The van der Waals surface area contributed by atoms with Crippen molar-refractivity contribution in [2.24, 2.45) is 11.7 Å². The van der Waals surface area contributed by atoms with E-state index in [9.17, 15) is 9.59 Å². The normalized spacial score (nSPS) is 14.2. The van der Waals surface area contributed by atoms with E-state index in [2.05, 4.69) is 0 Å². The number of carbonyl (C=O) groups is 2. The van der Waals surface area contributed by atoms with Gasteiger partial charge in [0.05, 0.1) is 0 Å². The highest BCUT2D eigenvalue weighted by atomic mass is 16.1. The van der Waals surface area contributed by atoms with Gasteiger partial charge in [0.2, 0.25) is 5.91 Å². The van der Waals surface area contributed by atoms with Crippen LogP contribution in [-0.4, -0.2) is 11.7 Å². The Bertz CT molecular complexity index is 395. The van der Waals surface area contributed by atoms with Crippen molar-refractivity contribution in [2.75, 3.05) is 0 Å². The Balaban J connectivity index is 2.89. The summed E-state index contributed by atoms with van der Waals surface area (Å²) in [5, 5.41) is 0. The van der Waals surface area contributed by atoms with Gasteiger partial charge in [0, 0.05) is 11.5 Å². The topological polar surface area (TPSA) is 60.2 Å². The Hall–Kier alpha value is -1.64. The van der Waals surface area contributed by atoms with E-state index >= 15 is 0 Å². The summed E-state index contributed by atoms with van der Waals surface area (Å²) in [6.45, 7) is 5.51. The first-order chi connectivity index (χ1) is 7.43. The summed E-state index contributed by atoms with van der Waals surface area (Å²) in [5.74, 6) is -0.121. The van der Waals surface area contributed by atoms with Crippen molar-refractivity contribution in [2.45, 2.75) is 26.7 Å². The SMILES string of the molecule is CC(=O)C(C)C(C)c1ccc(C(N)=O)cc1. The molecule has 3 heteroatoms. The first-order valence-corrected chi connectivity index (χ1v) is 5.33. The van der Waals surface area contributed by atoms with E-state index in [1.54, 1.807) is 19.1 Å². The minimum absolute atomic E-state index is 0.0144. The van der Waals surface area contributed by atoms with Crippen molar-refractivity contribution >= 4 is 11.7 Å². The number of ketones is 1. The first-order valence-electron chi connectivity index (χ1n) is 5.33. The molecule has 0 aromatic heterocycles. The van der Waals surface area contributed by atoms with Gasteiger partial charge in [-0.15, -0.1) is 0 Å². The molecular weight excluding hydrogens is 202 g/mol. The van der Waals surface area contributed by atoms with Crippen molar-refractivity contribution in [3.63, 3.8) is 0 Å². The second-order valence-corrected chi connectivity index (χ2v) is 4.17. The molecule has 1 aromatic carbocycles. The van der Waals surface area contributed by atoms with Crippen LogP contribution in [0.25, 0.3) is 0 Å². The number of Topliss-reactive ketones (excluding diaryl/α,β-unsaturated/α-hetero) is 1. The molecule has 16 heavy (non-hydrogen) atoms. The van der Waals surface area contributed by atoms with Gasteiger partial charge in [0.1, 0.15) is 5.78 Å². The summed E-state index contributed by atoms with van der Waals surface area (Å²) in [6.07, 6.45) is 0. The fraction of sp³-hybridized carbons (Fsp3) is 0.385. The summed E-state index contributed by atoms with van der Waals surface area (Å²) >= 11 is 0. The lowest BCUT2D eigenvalue weighted by Gasteiger charge is -2.17. The molecule has 0 saturated carbocycles. The number of benzene rings is 1. The zero-order valence-corrected chi connectivity index (χ0v) is 9.86. The predicted octanol–water partition coefficient (Wildman–Crippen LogP) is 2.11. The molecule has 1 aromatic rings. The standard InChI is InChI=1S/C13H17NO2/c1-8(10(3)15)9(2)11-4-6-12(7-5-11)13(14)16/h4-9H,1-3H3,(H2,14,16). The first kappa shape index (κ1) is 12.4. The van der Waals surface area contributed by atoms with Gasteiger partial charge >= 0.3 is 0 Å². The minimum atomic E-state index is -0.432. The van der Waals surface area contributed by atoms with Crippen LogP contribution in [0, 0.1) is 5.92 Å². The van der Waals surface area contributed by atoms with Crippen molar-refractivity contribution in [1.29, 1.82) is 0 Å². The number of rotatable bonds is 4. The lowest BCUT2D eigenvalue weighted by atomic mass is 9.86. The molecule has 0 aliphatic heterocycles. The van der Waals surface area contributed by atoms with Crippen LogP contribution in [0.1, 0.15) is 42.6 Å².